The zero-order chi connectivity index (χ0) is 10.5. The lowest BCUT2D eigenvalue weighted by Crippen LogP contribution is -2.48. The molecule has 0 fully saturated rings. The lowest BCUT2D eigenvalue weighted by Gasteiger charge is -2.25. The largest absolute Gasteiger partial charge is 0.333 e. The first-order chi connectivity index (χ1) is 5.87. The van der Waals surface area contributed by atoms with Crippen LogP contribution in [-0.4, -0.2) is 43.7 Å². The second kappa shape index (κ2) is 5.07. The molecule has 78 valence electrons. The second-order valence-corrected chi connectivity index (χ2v) is 4.21. The normalized spacial score (nSPS) is 11.2. The van der Waals surface area contributed by atoms with Crippen LogP contribution in [0.15, 0.2) is 0 Å². The predicted octanol–water partition coefficient (Wildman–Crippen LogP) is 0.646. The average Bonchev–Trinajstić information content (AvgIpc) is 1.96. The van der Waals surface area contributed by atoms with Gasteiger partial charge in [0.1, 0.15) is 0 Å². The minimum atomic E-state index is -0.162. The molecule has 0 heterocycles. The molecule has 0 spiro atoms. The molecule has 13 heavy (non-hydrogen) atoms. The summed E-state index contributed by atoms with van der Waals surface area (Å²) in [5, 5.41) is 5.88. The highest BCUT2D eigenvalue weighted by atomic mass is 16.2. The van der Waals surface area contributed by atoms with Crippen LogP contribution in [-0.2, 0) is 0 Å². The number of hydrogen-bond donors (Lipinski definition) is 2. The molecular formula is C9H21N3O. The van der Waals surface area contributed by atoms with Gasteiger partial charge in [-0.1, -0.05) is 0 Å². The van der Waals surface area contributed by atoms with E-state index in [0.29, 0.717) is 0 Å². The molecule has 2 amide bonds. The van der Waals surface area contributed by atoms with Crippen molar-refractivity contribution in [2.24, 2.45) is 0 Å². The lowest BCUT2D eigenvalue weighted by atomic mass is 10.1. The molecule has 0 aliphatic carbocycles. The highest BCUT2D eigenvalue weighted by molar-refractivity contribution is 5.74. The number of urea groups is 1. The molecule has 0 aromatic carbocycles. The van der Waals surface area contributed by atoms with Gasteiger partial charge in [-0.25, -0.2) is 4.79 Å². The summed E-state index contributed by atoms with van der Waals surface area (Å²) in [5.74, 6) is 0. The van der Waals surface area contributed by atoms with E-state index in [-0.39, 0.29) is 11.6 Å². The predicted molar refractivity (Wildman–Crippen MR) is 54.8 cm³/mol. The van der Waals surface area contributed by atoms with E-state index in [1.165, 1.54) is 0 Å². The molecule has 0 unspecified atom stereocenters. The zero-order valence-electron chi connectivity index (χ0n) is 9.27. The number of likely N-dealkylation sites (N-methyl/N-ethyl adjacent to an activating group) is 2. The van der Waals surface area contributed by atoms with Crippen molar-refractivity contribution >= 4 is 6.03 Å². The van der Waals surface area contributed by atoms with Crippen LogP contribution in [0.2, 0.25) is 0 Å². The Labute approximate surface area is 80.7 Å². The first kappa shape index (κ1) is 12.2. The van der Waals surface area contributed by atoms with Crippen LogP contribution in [0, 0.1) is 0 Å². The van der Waals surface area contributed by atoms with Crippen molar-refractivity contribution < 1.29 is 4.79 Å². The van der Waals surface area contributed by atoms with Gasteiger partial charge < -0.3 is 15.5 Å². The Bertz CT molecular complexity index is 163. The molecule has 0 aliphatic rings. The van der Waals surface area contributed by atoms with E-state index in [1.807, 2.05) is 27.8 Å². The Morgan fingerprint density at radius 1 is 1.38 bits per heavy atom. The van der Waals surface area contributed by atoms with E-state index >= 15 is 0 Å². The van der Waals surface area contributed by atoms with Crippen LogP contribution in [0.4, 0.5) is 4.79 Å². The van der Waals surface area contributed by atoms with Crippen molar-refractivity contribution in [1.29, 1.82) is 0 Å². The van der Waals surface area contributed by atoms with Crippen LogP contribution in [0.1, 0.15) is 20.8 Å². The Kier molecular flexibility index (Phi) is 4.77. The van der Waals surface area contributed by atoms with E-state index in [9.17, 15) is 4.79 Å². The summed E-state index contributed by atoms with van der Waals surface area (Å²) < 4.78 is 0. The highest BCUT2D eigenvalue weighted by Crippen LogP contribution is 1.99. The first-order valence-electron chi connectivity index (χ1n) is 4.54. The molecule has 0 rings (SSSR count). The van der Waals surface area contributed by atoms with E-state index in [1.54, 1.807) is 11.9 Å². The van der Waals surface area contributed by atoms with Crippen molar-refractivity contribution in [3.05, 3.63) is 0 Å². The summed E-state index contributed by atoms with van der Waals surface area (Å²) in [7, 11) is 3.66. The number of nitrogens with one attached hydrogen (secondary N) is 2. The van der Waals surface area contributed by atoms with Gasteiger partial charge in [0.15, 0.2) is 0 Å². The molecule has 0 atom stereocenters. The van der Waals surface area contributed by atoms with E-state index in [0.717, 1.165) is 13.1 Å². The van der Waals surface area contributed by atoms with Crippen LogP contribution in [0.5, 0.6) is 0 Å². The maximum absolute atomic E-state index is 11.5. The fourth-order valence-corrected chi connectivity index (χ4v) is 0.797. The van der Waals surface area contributed by atoms with Crippen molar-refractivity contribution in [2.45, 2.75) is 26.3 Å². The lowest BCUT2D eigenvalue weighted by molar-refractivity contribution is 0.200. The SMILES string of the molecule is CNCCN(C)C(=O)NC(C)(C)C. The molecule has 4 heteroatoms. The molecule has 0 aromatic heterocycles. The Balaban J connectivity index is 3.83. The van der Waals surface area contributed by atoms with Gasteiger partial charge in [0.05, 0.1) is 0 Å². The number of carbonyl (C=O) groups is 1. The summed E-state index contributed by atoms with van der Waals surface area (Å²) >= 11 is 0. The molecule has 0 aromatic rings. The Morgan fingerprint density at radius 3 is 2.31 bits per heavy atom. The smallest absolute Gasteiger partial charge is 0.317 e. The van der Waals surface area contributed by atoms with Gasteiger partial charge in [0.25, 0.3) is 0 Å². The number of amides is 2. The Morgan fingerprint density at radius 2 is 1.92 bits per heavy atom. The van der Waals surface area contributed by atoms with Crippen molar-refractivity contribution in [3.8, 4) is 0 Å². The standard InChI is InChI=1S/C9H21N3O/c1-9(2,3)11-8(13)12(5)7-6-10-4/h10H,6-7H2,1-5H3,(H,11,13). The highest BCUT2D eigenvalue weighted by Gasteiger charge is 2.15. The third-order valence-corrected chi connectivity index (χ3v) is 1.53. The van der Waals surface area contributed by atoms with Gasteiger partial charge in [-0.3, -0.25) is 0 Å². The van der Waals surface area contributed by atoms with Crippen LogP contribution in [0.3, 0.4) is 0 Å². The summed E-state index contributed by atoms with van der Waals surface area (Å²) in [6.45, 7) is 7.44. The van der Waals surface area contributed by atoms with Gasteiger partial charge >= 0.3 is 6.03 Å². The summed E-state index contributed by atoms with van der Waals surface area (Å²) in [4.78, 5) is 13.1. The molecule has 2 N–H and O–H groups in total. The van der Waals surface area contributed by atoms with Gasteiger partial charge in [-0.05, 0) is 27.8 Å². The van der Waals surface area contributed by atoms with E-state index < -0.39 is 0 Å². The quantitative estimate of drug-likeness (QED) is 0.681. The molecule has 4 nitrogen and oxygen atoms in total. The molecule has 0 aliphatic heterocycles. The summed E-state index contributed by atoms with van der Waals surface area (Å²) in [6.07, 6.45) is 0. The van der Waals surface area contributed by atoms with E-state index in [4.69, 9.17) is 0 Å². The monoisotopic (exact) mass is 187 g/mol. The minimum Gasteiger partial charge on any atom is -0.333 e. The Hall–Kier alpha value is -0.770. The molecular weight excluding hydrogens is 166 g/mol. The first-order valence-corrected chi connectivity index (χ1v) is 4.54. The number of carbonyl (C=O) groups excluding carboxylic acids is 1. The van der Waals surface area contributed by atoms with Crippen molar-refractivity contribution in [2.75, 3.05) is 27.2 Å². The van der Waals surface area contributed by atoms with Gasteiger partial charge in [-0.15, -0.1) is 0 Å². The summed E-state index contributed by atoms with van der Waals surface area (Å²) in [6, 6.07) is -0.0252. The minimum absolute atomic E-state index is 0.0252. The average molecular weight is 187 g/mol. The van der Waals surface area contributed by atoms with Crippen molar-refractivity contribution in [1.82, 2.24) is 15.5 Å². The van der Waals surface area contributed by atoms with Gasteiger partial charge in [0, 0.05) is 25.7 Å². The molecule has 0 bridgehead atoms. The third kappa shape index (κ3) is 6.40. The maximum Gasteiger partial charge on any atom is 0.317 e. The van der Waals surface area contributed by atoms with Crippen molar-refractivity contribution in [3.63, 3.8) is 0 Å². The maximum atomic E-state index is 11.5. The fourth-order valence-electron chi connectivity index (χ4n) is 0.797. The van der Waals surface area contributed by atoms with Crippen LogP contribution < -0.4 is 10.6 Å². The second-order valence-electron chi connectivity index (χ2n) is 4.21. The number of rotatable bonds is 3. The van der Waals surface area contributed by atoms with Gasteiger partial charge in [-0.2, -0.15) is 0 Å². The van der Waals surface area contributed by atoms with E-state index in [2.05, 4.69) is 10.6 Å². The zero-order valence-corrected chi connectivity index (χ0v) is 9.27. The topological polar surface area (TPSA) is 44.4 Å². The van der Waals surface area contributed by atoms with Crippen LogP contribution >= 0.6 is 0 Å². The molecule has 0 saturated heterocycles. The summed E-state index contributed by atoms with van der Waals surface area (Å²) in [5.41, 5.74) is -0.162. The van der Waals surface area contributed by atoms with Crippen LogP contribution in [0.25, 0.3) is 0 Å². The molecule has 0 radical (unpaired) electrons. The van der Waals surface area contributed by atoms with Gasteiger partial charge in [0.2, 0.25) is 0 Å². The number of nitrogens with zero attached hydrogens (tertiary/aromatic N) is 1. The number of hydrogen-bond acceptors (Lipinski definition) is 2. The third-order valence-electron chi connectivity index (χ3n) is 1.53. The fraction of sp³-hybridized carbons (Fsp3) is 0.889. The molecule has 0 saturated carbocycles.